The summed E-state index contributed by atoms with van der Waals surface area (Å²) >= 11 is 0. The fourth-order valence-corrected chi connectivity index (χ4v) is 3.04. The number of benzene rings is 2. The van der Waals surface area contributed by atoms with Crippen molar-refractivity contribution in [3.8, 4) is 11.5 Å². The lowest BCUT2D eigenvalue weighted by Gasteiger charge is -2.34. The highest BCUT2D eigenvalue weighted by molar-refractivity contribution is 5.95. The molecule has 0 aliphatic carbocycles. The van der Waals surface area contributed by atoms with E-state index in [1.54, 1.807) is 12.1 Å². The van der Waals surface area contributed by atoms with E-state index >= 15 is 0 Å². The van der Waals surface area contributed by atoms with Gasteiger partial charge in [-0.05, 0) is 23.8 Å². The predicted molar refractivity (Wildman–Crippen MR) is 102 cm³/mol. The molecule has 3 rings (SSSR count). The molecule has 5 heteroatoms. The van der Waals surface area contributed by atoms with E-state index in [4.69, 9.17) is 4.74 Å². The Bertz CT molecular complexity index is 766. The van der Waals surface area contributed by atoms with Crippen LogP contribution in [0.4, 0.5) is 0 Å². The van der Waals surface area contributed by atoms with Gasteiger partial charge in [-0.1, -0.05) is 42.5 Å². The van der Waals surface area contributed by atoms with Gasteiger partial charge in [0.05, 0.1) is 7.11 Å². The number of phenolic OH excluding ortho intramolecular Hbond substituents is 1. The van der Waals surface area contributed by atoms with Crippen LogP contribution in [-0.4, -0.2) is 60.6 Å². The normalized spacial score (nSPS) is 15.3. The molecule has 0 atom stereocenters. The highest BCUT2D eigenvalue weighted by Crippen LogP contribution is 2.26. The van der Waals surface area contributed by atoms with Gasteiger partial charge in [0.1, 0.15) is 0 Å². The number of hydrogen-bond donors (Lipinski definition) is 1. The first kappa shape index (κ1) is 18.0. The van der Waals surface area contributed by atoms with Crippen LogP contribution in [0, 0.1) is 0 Å². The van der Waals surface area contributed by atoms with Gasteiger partial charge in [0.2, 0.25) is 0 Å². The Balaban J connectivity index is 1.51. The van der Waals surface area contributed by atoms with Gasteiger partial charge in [-0.3, -0.25) is 9.69 Å². The fraction of sp³-hybridized carbons (Fsp3) is 0.286. The van der Waals surface area contributed by atoms with E-state index < -0.39 is 0 Å². The third-order valence-corrected chi connectivity index (χ3v) is 4.56. The summed E-state index contributed by atoms with van der Waals surface area (Å²) in [6.45, 7) is 3.93. The van der Waals surface area contributed by atoms with Gasteiger partial charge >= 0.3 is 0 Å². The van der Waals surface area contributed by atoms with Crippen LogP contribution >= 0.6 is 0 Å². The Morgan fingerprint density at radius 3 is 2.50 bits per heavy atom. The van der Waals surface area contributed by atoms with Crippen LogP contribution in [0.1, 0.15) is 15.9 Å². The highest BCUT2D eigenvalue weighted by Gasteiger charge is 2.22. The molecule has 0 spiro atoms. The molecule has 1 N–H and O–H groups in total. The van der Waals surface area contributed by atoms with Gasteiger partial charge in [0.15, 0.2) is 11.5 Å². The Morgan fingerprint density at radius 2 is 1.85 bits per heavy atom. The van der Waals surface area contributed by atoms with E-state index in [0.717, 1.165) is 19.6 Å². The minimum Gasteiger partial charge on any atom is -0.504 e. The van der Waals surface area contributed by atoms with Gasteiger partial charge in [-0.2, -0.15) is 0 Å². The number of amides is 1. The molecule has 1 fully saturated rings. The summed E-state index contributed by atoms with van der Waals surface area (Å²) in [5.41, 5.74) is 1.68. The minimum absolute atomic E-state index is 0.0111. The van der Waals surface area contributed by atoms with Crippen molar-refractivity contribution in [2.45, 2.75) is 0 Å². The quantitative estimate of drug-likeness (QED) is 0.899. The molecule has 0 bridgehead atoms. The summed E-state index contributed by atoms with van der Waals surface area (Å²) in [6, 6.07) is 15.0. The first-order chi connectivity index (χ1) is 12.7. The molecule has 1 aliphatic heterocycles. The smallest absolute Gasteiger partial charge is 0.254 e. The predicted octanol–water partition coefficient (Wildman–Crippen LogP) is 2.87. The van der Waals surface area contributed by atoms with Crippen LogP contribution in [0.5, 0.6) is 11.5 Å². The number of hydrogen-bond acceptors (Lipinski definition) is 4. The lowest BCUT2D eigenvalue weighted by molar-refractivity contribution is 0.0650. The number of phenols is 1. The van der Waals surface area contributed by atoms with Crippen LogP contribution in [0.2, 0.25) is 0 Å². The summed E-state index contributed by atoms with van der Waals surface area (Å²) < 4.78 is 5.02. The maximum atomic E-state index is 12.6. The Labute approximate surface area is 154 Å². The number of aromatic hydroxyl groups is 1. The van der Waals surface area contributed by atoms with Crippen LogP contribution < -0.4 is 4.74 Å². The molecule has 26 heavy (non-hydrogen) atoms. The standard InChI is InChI=1S/C21H24N2O3/c1-26-20-10-9-18(16-19(20)24)21(25)23-14-12-22(13-15-23)11-5-8-17-6-3-2-4-7-17/h2-10,16,24H,11-15H2,1H3/b8-5+. The third-order valence-electron chi connectivity index (χ3n) is 4.56. The zero-order chi connectivity index (χ0) is 18.4. The molecular formula is C21H24N2O3. The molecule has 1 amide bonds. The molecule has 0 saturated carbocycles. The van der Waals surface area contributed by atoms with E-state index in [2.05, 4.69) is 29.2 Å². The second kappa shape index (κ2) is 8.54. The number of rotatable bonds is 5. The molecular weight excluding hydrogens is 328 g/mol. The summed E-state index contributed by atoms with van der Waals surface area (Å²) in [4.78, 5) is 16.8. The van der Waals surface area contributed by atoms with Gasteiger partial charge in [0.25, 0.3) is 5.91 Å². The molecule has 1 aliphatic rings. The maximum Gasteiger partial charge on any atom is 0.254 e. The van der Waals surface area contributed by atoms with Crippen molar-refractivity contribution in [2.75, 3.05) is 39.8 Å². The summed E-state index contributed by atoms with van der Waals surface area (Å²) in [6.07, 6.45) is 4.28. The SMILES string of the molecule is COc1ccc(C(=O)N2CCN(C/C=C/c3ccccc3)CC2)cc1O. The number of nitrogens with zero attached hydrogens (tertiary/aromatic N) is 2. The first-order valence-corrected chi connectivity index (χ1v) is 8.77. The van der Waals surface area contributed by atoms with Crippen molar-refractivity contribution in [2.24, 2.45) is 0 Å². The van der Waals surface area contributed by atoms with Gasteiger partial charge in [-0.25, -0.2) is 0 Å². The van der Waals surface area contributed by atoms with Crippen LogP contribution in [0.15, 0.2) is 54.6 Å². The van der Waals surface area contributed by atoms with Crippen molar-refractivity contribution in [3.63, 3.8) is 0 Å². The van der Waals surface area contributed by atoms with Crippen molar-refractivity contribution in [3.05, 3.63) is 65.7 Å². The molecule has 1 heterocycles. The van der Waals surface area contributed by atoms with Crippen molar-refractivity contribution < 1.29 is 14.6 Å². The summed E-state index contributed by atoms with van der Waals surface area (Å²) in [5, 5.41) is 9.86. The summed E-state index contributed by atoms with van der Waals surface area (Å²) in [7, 11) is 1.49. The lowest BCUT2D eigenvalue weighted by Crippen LogP contribution is -2.48. The van der Waals surface area contributed by atoms with Crippen LogP contribution in [0.3, 0.4) is 0 Å². The van der Waals surface area contributed by atoms with Crippen LogP contribution in [0.25, 0.3) is 6.08 Å². The molecule has 1 saturated heterocycles. The molecule has 0 radical (unpaired) electrons. The topological polar surface area (TPSA) is 53.0 Å². The average molecular weight is 352 g/mol. The van der Waals surface area contributed by atoms with Crippen molar-refractivity contribution in [1.82, 2.24) is 9.80 Å². The number of methoxy groups -OCH3 is 1. The summed E-state index contributed by atoms with van der Waals surface area (Å²) in [5.74, 6) is 0.307. The Kier molecular flexibility index (Phi) is 5.92. The first-order valence-electron chi connectivity index (χ1n) is 8.77. The van der Waals surface area contributed by atoms with Crippen molar-refractivity contribution in [1.29, 1.82) is 0 Å². The van der Waals surface area contributed by atoms with Gasteiger partial charge in [-0.15, -0.1) is 0 Å². The van der Waals surface area contributed by atoms with E-state index in [9.17, 15) is 9.90 Å². The number of carbonyl (C=O) groups excluding carboxylic acids is 1. The molecule has 2 aromatic carbocycles. The second-order valence-corrected chi connectivity index (χ2v) is 6.29. The van der Waals surface area contributed by atoms with E-state index in [1.165, 1.54) is 18.7 Å². The van der Waals surface area contributed by atoms with E-state index in [0.29, 0.717) is 24.4 Å². The van der Waals surface area contributed by atoms with Crippen LogP contribution in [-0.2, 0) is 0 Å². The van der Waals surface area contributed by atoms with E-state index in [-0.39, 0.29) is 11.7 Å². The number of ether oxygens (including phenoxy) is 1. The zero-order valence-corrected chi connectivity index (χ0v) is 15.0. The van der Waals surface area contributed by atoms with Gasteiger partial charge < -0.3 is 14.7 Å². The molecule has 0 unspecified atom stereocenters. The van der Waals surface area contributed by atoms with E-state index in [1.807, 2.05) is 23.1 Å². The fourth-order valence-electron chi connectivity index (χ4n) is 3.04. The monoisotopic (exact) mass is 352 g/mol. The number of carbonyl (C=O) groups is 1. The molecule has 0 aromatic heterocycles. The maximum absolute atomic E-state index is 12.6. The Hall–Kier alpha value is -2.79. The number of piperazine rings is 1. The zero-order valence-electron chi connectivity index (χ0n) is 15.0. The largest absolute Gasteiger partial charge is 0.504 e. The molecule has 5 nitrogen and oxygen atoms in total. The average Bonchev–Trinajstić information content (AvgIpc) is 2.69. The lowest BCUT2D eigenvalue weighted by atomic mass is 10.1. The minimum atomic E-state index is -0.0533. The molecule has 2 aromatic rings. The highest BCUT2D eigenvalue weighted by atomic mass is 16.5. The molecule has 136 valence electrons. The van der Waals surface area contributed by atoms with Crippen molar-refractivity contribution >= 4 is 12.0 Å². The Morgan fingerprint density at radius 1 is 1.12 bits per heavy atom. The third kappa shape index (κ3) is 4.43. The van der Waals surface area contributed by atoms with Gasteiger partial charge in [0, 0.05) is 38.3 Å². The second-order valence-electron chi connectivity index (χ2n) is 6.29.